The molecule has 3 atom stereocenters. The number of imide groups is 1. The average molecular weight is 467 g/mol. The van der Waals surface area contributed by atoms with Crippen molar-refractivity contribution in [2.45, 2.75) is 69.4 Å². The summed E-state index contributed by atoms with van der Waals surface area (Å²) >= 11 is 0. The Hall–Kier alpha value is -2.51. The highest BCUT2D eigenvalue weighted by atomic mass is 32.2. The summed E-state index contributed by atoms with van der Waals surface area (Å²) in [4.78, 5) is 27.3. The fourth-order valence-corrected chi connectivity index (χ4v) is 7.27. The number of carbonyl (C=O) groups excluding carboxylic acids is 2. The lowest BCUT2D eigenvalue weighted by molar-refractivity contribution is -0.140. The molecule has 33 heavy (non-hydrogen) atoms. The second-order valence-corrected chi connectivity index (χ2v) is 11.3. The zero-order valence-corrected chi connectivity index (χ0v) is 19.7. The number of hydrogen-bond donors (Lipinski definition) is 1. The quantitative estimate of drug-likeness (QED) is 0.675. The van der Waals surface area contributed by atoms with Gasteiger partial charge in [0.25, 0.3) is 0 Å². The third-order valence-electron chi connectivity index (χ3n) is 7.48. The number of likely N-dealkylation sites (tertiary alicyclic amines) is 1. The predicted molar refractivity (Wildman–Crippen MR) is 125 cm³/mol. The molecule has 0 spiro atoms. The number of benzene rings is 2. The smallest absolute Gasteiger partial charge is 0.241 e. The summed E-state index contributed by atoms with van der Waals surface area (Å²) in [6.45, 7) is 1.90. The van der Waals surface area contributed by atoms with Crippen LogP contribution in [0, 0.1) is 18.8 Å². The number of sulfonamides is 1. The molecular weight excluding hydrogens is 436 g/mol. The molecule has 2 fully saturated rings. The van der Waals surface area contributed by atoms with Crippen molar-refractivity contribution in [1.29, 1.82) is 0 Å². The molecule has 0 unspecified atom stereocenters. The number of carbonyl (C=O) groups is 2. The molecule has 0 bridgehead atoms. The summed E-state index contributed by atoms with van der Waals surface area (Å²) in [7, 11) is -3.78. The zero-order valence-electron chi connectivity index (χ0n) is 18.9. The summed E-state index contributed by atoms with van der Waals surface area (Å²) in [5.41, 5.74) is 3.53. The minimum atomic E-state index is -3.78. The number of rotatable bonds is 5. The van der Waals surface area contributed by atoms with Gasteiger partial charge in [-0.05, 0) is 67.3 Å². The monoisotopic (exact) mass is 466 g/mol. The molecule has 0 radical (unpaired) electrons. The maximum absolute atomic E-state index is 13.4. The van der Waals surface area contributed by atoms with Crippen LogP contribution in [0.5, 0.6) is 0 Å². The van der Waals surface area contributed by atoms with Crippen LogP contribution in [0.1, 0.15) is 66.8 Å². The van der Waals surface area contributed by atoms with Crippen LogP contribution in [0.2, 0.25) is 0 Å². The van der Waals surface area contributed by atoms with Crippen molar-refractivity contribution in [3.05, 3.63) is 64.7 Å². The van der Waals surface area contributed by atoms with E-state index >= 15 is 0 Å². The lowest BCUT2D eigenvalue weighted by Crippen LogP contribution is -2.32. The zero-order chi connectivity index (χ0) is 23.2. The third-order valence-corrected chi connectivity index (χ3v) is 9.10. The Bertz CT molecular complexity index is 1180. The van der Waals surface area contributed by atoms with Gasteiger partial charge in [-0.1, -0.05) is 49.2 Å². The molecule has 2 aromatic carbocycles. The number of aryl methyl sites for hydroxylation is 2. The molecule has 5 rings (SSSR count). The number of nitrogens with one attached hydrogen (secondary N) is 1. The summed E-state index contributed by atoms with van der Waals surface area (Å²) < 4.78 is 29.7. The van der Waals surface area contributed by atoms with E-state index < -0.39 is 10.0 Å². The van der Waals surface area contributed by atoms with E-state index in [-0.39, 0.29) is 41.1 Å². The molecule has 1 aliphatic heterocycles. The van der Waals surface area contributed by atoms with Crippen LogP contribution in [0.3, 0.4) is 0 Å². The molecule has 2 amide bonds. The van der Waals surface area contributed by atoms with Gasteiger partial charge >= 0.3 is 0 Å². The molecule has 1 heterocycles. The Morgan fingerprint density at radius 1 is 0.939 bits per heavy atom. The lowest BCUT2D eigenvalue weighted by Gasteiger charge is -2.26. The molecule has 3 aliphatic rings. The minimum absolute atomic E-state index is 0.105. The highest BCUT2D eigenvalue weighted by Crippen LogP contribution is 2.39. The summed E-state index contributed by atoms with van der Waals surface area (Å²) in [6, 6.07) is 12.9. The molecular formula is C26H30N2O4S. The third kappa shape index (κ3) is 4.13. The first kappa shape index (κ1) is 22.3. The van der Waals surface area contributed by atoms with E-state index in [2.05, 4.69) is 10.8 Å². The first-order valence-electron chi connectivity index (χ1n) is 11.9. The average Bonchev–Trinajstić information content (AvgIpc) is 3.05. The van der Waals surface area contributed by atoms with Crippen LogP contribution in [0.4, 0.5) is 0 Å². The van der Waals surface area contributed by atoms with E-state index in [1.54, 1.807) is 19.1 Å². The minimum Gasteiger partial charge on any atom is -0.278 e. The Morgan fingerprint density at radius 2 is 1.64 bits per heavy atom. The van der Waals surface area contributed by atoms with Gasteiger partial charge < -0.3 is 0 Å². The SMILES string of the molecule is Cc1ccc(CN2C(=O)[C@H]3CCCC[C@H]3C2=O)cc1S(=O)(=O)N[C@H]1CCCc2ccccc21. The Labute approximate surface area is 195 Å². The number of nitrogens with zero attached hydrogens (tertiary/aromatic N) is 1. The summed E-state index contributed by atoms with van der Waals surface area (Å²) in [5.74, 6) is -0.612. The van der Waals surface area contributed by atoms with Crippen molar-refractivity contribution in [2.24, 2.45) is 11.8 Å². The maximum Gasteiger partial charge on any atom is 0.241 e. The topological polar surface area (TPSA) is 83.6 Å². The van der Waals surface area contributed by atoms with Crippen molar-refractivity contribution < 1.29 is 18.0 Å². The molecule has 2 aromatic rings. The molecule has 1 saturated heterocycles. The Balaban J connectivity index is 1.39. The van der Waals surface area contributed by atoms with Crippen LogP contribution in [-0.4, -0.2) is 25.1 Å². The molecule has 0 aromatic heterocycles. The number of hydrogen-bond acceptors (Lipinski definition) is 4. The second-order valence-electron chi connectivity index (χ2n) is 9.62. The van der Waals surface area contributed by atoms with E-state index in [0.29, 0.717) is 11.1 Å². The Morgan fingerprint density at radius 3 is 2.36 bits per heavy atom. The highest BCUT2D eigenvalue weighted by Gasteiger charge is 2.47. The van der Waals surface area contributed by atoms with Crippen LogP contribution in [0.15, 0.2) is 47.4 Å². The van der Waals surface area contributed by atoms with Crippen LogP contribution in [-0.2, 0) is 32.6 Å². The van der Waals surface area contributed by atoms with Gasteiger partial charge in [0.15, 0.2) is 0 Å². The first-order chi connectivity index (χ1) is 15.8. The Kier molecular flexibility index (Phi) is 5.87. The van der Waals surface area contributed by atoms with E-state index in [1.807, 2.05) is 24.3 Å². The van der Waals surface area contributed by atoms with Crippen LogP contribution in [0.25, 0.3) is 0 Å². The van der Waals surface area contributed by atoms with Gasteiger partial charge in [0.1, 0.15) is 0 Å². The van der Waals surface area contributed by atoms with Gasteiger partial charge in [-0.15, -0.1) is 0 Å². The van der Waals surface area contributed by atoms with Crippen molar-refractivity contribution in [3.63, 3.8) is 0 Å². The molecule has 174 valence electrons. The number of amides is 2. The second kappa shape index (κ2) is 8.69. The maximum atomic E-state index is 13.4. The van der Waals surface area contributed by atoms with E-state index in [1.165, 1.54) is 10.5 Å². The van der Waals surface area contributed by atoms with Crippen molar-refractivity contribution in [2.75, 3.05) is 0 Å². The summed E-state index contributed by atoms with van der Waals surface area (Å²) in [6.07, 6.45) is 6.16. The lowest BCUT2D eigenvalue weighted by atomic mass is 9.81. The predicted octanol–water partition coefficient (Wildman–Crippen LogP) is 4.03. The van der Waals surface area contributed by atoms with Gasteiger partial charge in [-0.3, -0.25) is 14.5 Å². The molecule has 1 N–H and O–H groups in total. The van der Waals surface area contributed by atoms with Crippen LogP contribution >= 0.6 is 0 Å². The van der Waals surface area contributed by atoms with E-state index in [0.717, 1.165) is 50.5 Å². The fraction of sp³-hybridized carbons (Fsp3) is 0.462. The van der Waals surface area contributed by atoms with Crippen molar-refractivity contribution >= 4 is 21.8 Å². The standard InChI is InChI=1S/C26H30N2O4S/c1-17-13-14-18(16-28-25(29)21-10-4-5-11-22(21)26(28)30)15-24(17)33(31,32)27-23-12-6-8-19-7-2-3-9-20(19)23/h2-3,7,9,13-15,21-23,27H,4-6,8,10-12,16H2,1H3/t21-,22+,23-/m0/s1. The largest absolute Gasteiger partial charge is 0.278 e. The van der Waals surface area contributed by atoms with E-state index in [9.17, 15) is 18.0 Å². The molecule has 1 saturated carbocycles. The van der Waals surface area contributed by atoms with E-state index in [4.69, 9.17) is 0 Å². The highest BCUT2D eigenvalue weighted by molar-refractivity contribution is 7.89. The molecule has 7 heteroatoms. The molecule has 2 aliphatic carbocycles. The van der Waals surface area contributed by atoms with Crippen LogP contribution < -0.4 is 4.72 Å². The fourth-order valence-electron chi connectivity index (χ4n) is 5.73. The first-order valence-corrected chi connectivity index (χ1v) is 13.4. The number of fused-ring (bicyclic) bond motifs is 2. The van der Waals surface area contributed by atoms with Gasteiger partial charge in [0, 0.05) is 6.04 Å². The van der Waals surface area contributed by atoms with Gasteiger partial charge in [0.05, 0.1) is 23.3 Å². The summed E-state index contributed by atoms with van der Waals surface area (Å²) in [5, 5.41) is 0. The van der Waals surface area contributed by atoms with Gasteiger partial charge in [-0.25, -0.2) is 13.1 Å². The van der Waals surface area contributed by atoms with Crippen molar-refractivity contribution in [1.82, 2.24) is 9.62 Å². The van der Waals surface area contributed by atoms with Gasteiger partial charge in [0.2, 0.25) is 21.8 Å². The normalized spacial score (nSPS) is 25.1. The van der Waals surface area contributed by atoms with Crippen molar-refractivity contribution in [3.8, 4) is 0 Å². The van der Waals surface area contributed by atoms with Gasteiger partial charge in [-0.2, -0.15) is 0 Å². The molecule has 6 nitrogen and oxygen atoms in total.